The molecule has 0 aliphatic rings. The van der Waals surface area contributed by atoms with Crippen LogP contribution in [0.1, 0.15) is 6.42 Å². The molecular weight excluding hydrogens is 228 g/mol. The fraction of sp³-hybridized carbons (Fsp3) is 0.333. The molecular formula is C3H6Ir-2. The molecule has 0 saturated carbocycles. The van der Waals surface area contributed by atoms with Gasteiger partial charge >= 0.3 is 0 Å². The standard InChI is InChI=1S/C3H6.Ir/c1-3-2;/h1-3H2;/q-2;. The largest absolute Gasteiger partial charge is 0.372 e. The van der Waals surface area contributed by atoms with E-state index in [0.717, 1.165) is 6.42 Å². The zero-order valence-corrected chi connectivity index (χ0v) is 4.85. The smallest absolute Gasteiger partial charge is 0 e. The van der Waals surface area contributed by atoms with Gasteiger partial charge in [0.05, 0.1) is 0 Å². The Morgan fingerprint density at radius 1 is 1.25 bits per heavy atom. The number of hydrogen-bond acceptors (Lipinski definition) is 0. The monoisotopic (exact) mass is 235 g/mol. The van der Waals surface area contributed by atoms with Crippen molar-refractivity contribution in [2.24, 2.45) is 0 Å². The summed E-state index contributed by atoms with van der Waals surface area (Å²) in [6, 6.07) is 0. The fourth-order valence-electron chi connectivity index (χ4n) is 0. The minimum atomic E-state index is 0. The summed E-state index contributed by atoms with van der Waals surface area (Å²) < 4.78 is 0. The summed E-state index contributed by atoms with van der Waals surface area (Å²) in [6.45, 7) is 6.75. The van der Waals surface area contributed by atoms with Crippen LogP contribution in [0.4, 0.5) is 0 Å². The van der Waals surface area contributed by atoms with Gasteiger partial charge in [-0.2, -0.15) is 0 Å². The maximum atomic E-state index is 3.38. The Morgan fingerprint density at radius 2 is 1.25 bits per heavy atom. The quantitative estimate of drug-likeness (QED) is 0.549. The Morgan fingerprint density at radius 3 is 1.25 bits per heavy atom. The Hall–Kier alpha value is 0.649. The van der Waals surface area contributed by atoms with Crippen LogP contribution in [0.15, 0.2) is 0 Å². The molecule has 0 saturated heterocycles. The summed E-state index contributed by atoms with van der Waals surface area (Å²) in [6.07, 6.45) is 0.750. The Kier molecular flexibility index (Phi) is 20.8. The second-order valence-corrected chi connectivity index (χ2v) is 0.354. The first-order valence-corrected chi connectivity index (χ1v) is 1.000. The molecule has 0 fully saturated rings. The van der Waals surface area contributed by atoms with Crippen molar-refractivity contribution < 1.29 is 20.1 Å². The van der Waals surface area contributed by atoms with Crippen molar-refractivity contribution in [3.63, 3.8) is 0 Å². The van der Waals surface area contributed by atoms with Crippen LogP contribution in [0.2, 0.25) is 0 Å². The molecule has 0 rings (SSSR count). The number of hydrogen-bond donors (Lipinski definition) is 0. The minimum Gasteiger partial charge on any atom is -0.372 e. The topological polar surface area (TPSA) is 0 Å². The van der Waals surface area contributed by atoms with Crippen molar-refractivity contribution in [1.82, 2.24) is 0 Å². The van der Waals surface area contributed by atoms with E-state index in [1.807, 2.05) is 0 Å². The van der Waals surface area contributed by atoms with Crippen molar-refractivity contribution in [3.8, 4) is 0 Å². The second kappa shape index (κ2) is 9.42. The van der Waals surface area contributed by atoms with Crippen molar-refractivity contribution in [1.29, 1.82) is 0 Å². The van der Waals surface area contributed by atoms with Gasteiger partial charge in [0.25, 0.3) is 0 Å². The zero-order valence-electron chi connectivity index (χ0n) is 2.45. The maximum Gasteiger partial charge on any atom is 0 e. The molecule has 0 aromatic rings. The molecule has 0 amide bonds. The van der Waals surface area contributed by atoms with Gasteiger partial charge in [0.2, 0.25) is 0 Å². The van der Waals surface area contributed by atoms with E-state index < -0.39 is 0 Å². The molecule has 0 unspecified atom stereocenters. The normalized spacial score (nSPS) is 4.50. The first-order valence-electron chi connectivity index (χ1n) is 1.000. The summed E-state index contributed by atoms with van der Waals surface area (Å²) >= 11 is 0. The Balaban J connectivity index is 0. The predicted molar refractivity (Wildman–Crippen MR) is 15.3 cm³/mol. The molecule has 0 nitrogen and oxygen atoms in total. The van der Waals surface area contributed by atoms with Gasteiger partial charge in [0.15, 0.2) is 0 Å². The van der Waals surface area contributed by atoms with Gasteiger partial charge in [0.1, 0.15) is 0 Å². The molecule has 0 bridgehead atoms. The molecule has 4 heavy (non-hydrogen) atoms. The average Bonchev–Trinajstić information content (AvgIpc) is 0.918. The van der Waals surface area contributed by atoms with Crippen molar-refractivity contribution in [2.45, 2.75) is 6.42 Å². The molecule has 0 aliphatic carbocycles. The van der Waals surface area contributed by atoms with E-state index in [-0.39, 0.29) is 20.1 Å². The average molecular weight is 234 g/mol. The first-order chi connectivity index (χ1) is 1.41. The third-order valence-corrected chi connectivity index (χ3v) is 0. The van der Waals surface area contributed by atoms with Crippen LogP contribution < -0.4 is 0 Å². The molecule has 0 heterocycles. The minimum absolute atomic E-state index is 0. The molecule has 0 spiro atoms. The third-order valence-electron chi connectivity index (χ3n) is 0. The molecule has 0 aromatic heterocycles. The van der Waals surface area contributed by atoms with E-state index in [0.29, 0.717) is 0 Å². The first kappa shape index (κ1) is 8.82. The van der Waals surface area contributed by atoms with Crippen LogP contribution in [0.5, 0.6) is 0 Å². The van der Waals surface area contributed by atoms with Crippen LogP contribution >= 0.6 is 0 Å². The van der Waals surface area contributed by atoms with Gasteiger partial charge in [-0.15, -0.1) is 0 Å². The summed E-state index contributed by atoms with van der Waals surface area (Å²) in [5, 5.41) is 0. The van der Waals surface area contributed by atoms with Crippen molar-refractivity contribution in [2.75, 3.05) is 0 Å². The Bertz CT molecular complexity index is 3.25. The van der Waals surface area contributed by atoms with Gasteiger partial charge in [0, 0.05) is 20.1 Å². The number of rotatable bonds is 0. The van der Waals surface area contributed by atoms with E-state index >= 15 is 0 Å². The van der Waals surface area contributed by atoms with Crippen LogP contribution in [-0.2, 0) is 20.1 Å². The third kappa shape index (κ3) is 17.1. The molecule has 29 valence electrons. The molecule has 1 heteroatoms. The van der Waals surface area contributed by atoms with Crippen LogP contribution in [0.25, 0.3) is 0 Å². The molecule has 0 atom stereocenters. The van der Waals surface area contributed by atoms with Crippen LogP contribution in [0, 0.1) is 13.8 Å². The van der Waals surface area contributed by atoms with Gasteiger partial charge in [-0.05, 0) is 0 Å². The summed E-state index contributed by atoms with van der Waals surface area (Å²) in [4.78, 5) is 0. The van der Waals surface area contributed by atoms with E-state index in [9.17, 15) is 0 Å². The molecule has 0 aliphatic heterocycles. The van der Waals surface area contributed by atoms with Crippen LogP contribution in [0.3, 0.4) is 0 Å². The van der Waals surface area contributed by atoms with E-state index in [1.165, 1.54) is 0 Å². The maximum absolute atomic E-state index is 3.38. The molecule has 0 aromatic carbocycles. The fourth-order valence-corrected chi connectivity index (χ4v) is 0. The Labute approximate surface area is 40.9 Å². The van der Waals surface area contributed by atoms with Crippen LogP contribution in [-0.4, -0.2) is 0 Å². The van der Waals surface area contributed by atoms with E-state index in [4.69, 9.17) is 0 Å². The molecule has 0 N–H and O–H groups in total. The van der Waals surface area contributed by atoms with Crippen molar-refractivity contribution >= 4 is 0 Å². The second-order valence-electron chi connectivity index (χ2n) is 0.354. The van der Waals surface area contributed by atoms with E-state index in [1.54, 1.807) is 0 Å². The van der Waals surface area contributed by atoms with Gasteiger partial charge in [-0.1, -0.05) is 0 Å². The summed E-state index contributed by atoms with van der Waals surface area (Å²) in [7, 11) is 0. The SMILES string of the molecule is [CH2-]C[CH2-].[Ir]. The van der Waals surface area contributed by atoms with Gasteiger partial charge < -0.3 is 20.3 Å². The summed E-state index contributed by atoms with van der Waals surface area (Å²) in [5.74, 6) is 0. The summed E-state index contributed by atoms with van der Waals surface area (Å²) in [5.41, 5.74) is 0. The predicted octanol–water partition coefficient (Wildman–Crippen LogP) is 1.04. The van der Waals surface area contributed by atoms with E-state index in [2.05, 4.69) is 13.8 Å². The van der Waals surface area contributed by atoms with Gasteiger partial charge in [-0.25, -0.2) is 0 Å². The zero-order chi connectivity index (χ0) is 2.71. The van der Waals surface area contributed by atoms with Gasteiger partial charge in [-0.3, -0.25) is 0 Å². The van der Waals surface area contributed by atoms with Crippen molar-refractivity contribution in [3.05, 3.63) is 13.8 Å². The molecule has 1 radical (unpaired) electrons.